The highest BCUT2D eigenvalue weighted by Gasteiger charge is 2.09. The van der Waals surface area contributed by atoms with Crippen molar-refractivity contribution in [1.29, 1.82) is 0 Å². The van der Waals surface area contributed by atoms with Gasteiger partial charge in [-0.25, -0.2) is 0 Å². The van der Waals surface area contributed by atoms with Crippen molar-refractivity contribution in [3.05, 3.63) is 29.8 Å². The van der Waals surface area contributed by atoms with E-state index in [2.05, 4.69) is 0 Å². The summed E-state index contributed by atoms with van der Waals surface area (Å²) in [5, 5.41) is 9.73. The van der Waals surface area contributed by atoms with Gasteiger partial charge < -0.3 is 15.6 Å². The number of nitrogens with two attached hydrogens (primary N) is 1. The summed E-state index contributed by atoms with van der Waals surface area (Å²) in [5.41, 5.74) is 6.48. The van der Waals surface area contributed by atoms with Gasteiger partial charge in [-0.1, -0.05) is 12.1 Å². The predicted molar refractivity (Wildman–Crippen MR) is 56.2 cm³/mol. The van der Waals surface area contributed by atoms with E-state index in [0.29, 0.717) is 6.42 Å². The van der Waals surface area contributed by atoms with E-state index in [1.54, 1.807) is 7.11 Å². The van der Waals surface area contributed by atoms with E-state index in [1.807, 2.05) is 31.2 Å². The number of aliphatic hydroxyl groups is 1. The van der Waals surface area contributed by atoms with Gasteiger partial charge >= 0.3 is 0 Å². The van der Waals surface area contributed by atoms with Crippen molar-refractivity contribution in [1.82, 2.24) is 0 Å². The first-order valence-electron chi connectivity index (χ1n) is 4.71. The van der Waals surface area contributed by atoms with Crippen LogP contribution in [-0.2, 0) is 0 Å². The number of aliphatic hydroxyl groups excluding tert-OH is 1. The van der Waals surface area contributed by atoms with Crippen molar-refractivity contribution < 1.29 is 9.84 Å². The average Bonchev–Trinajstić information content (AvgIpc) is 2.17. The van der Waals surface area contributed by atoms with Gasteiger partial charge in [-0.15, -0.1) is 0 Å². The second kappa shape index (κ2) is 4.98. The third-order valence-electron chi connectivity index (χ3n) is 2.10. The zero-order valence-electron chi connectivity index (χ0n) is 8.60. The molecule has 0 spiro atoms. The Bertz CT molecular complexity index is 269. The van der Waals surface area contributed by atoms with Gasteiger partial charge in [-0.05, 0) is 31.0 Å². The molecule has 0 aliphatic carbocycles. The molecule has 78 valence electrons. The maximum absolute atomic E-state index is 9.73. The lowest BCUT2D eigenvalue weighted by molar-refractivity contribution is 0.160. The van der Waals surface area contributed by atoms with E-state index in [0.717, 1.165) is 11.3 Å². The molecule has 0 aliphatic rings. The van der Waals surface area contributed by atoms with Gasteiger partial charge in [0.15, 0.2) is 0 Å². The second-order valence-corrected chi connectivity index (χ2v) is 3.50. The minimum absolute atomic E-state index is 0.00658. The van der Waals surface area contributed by atoms with Gasteiger partial charge in [-0.3, -0.25) is 0 Å². The van der Waals surface area contributed by atoms with Gasteiger partial charge in [0.1, 0.15) is 5.75 Å². The minimum atomic E-state index is -0.485. The lowest BCUT2D eigenvalue weighted by atomic mass is 10.0. The van der Waals surface area contributed by atoms with E-state index >= 15 is 0 Å². The molecule has 1 rings (SSSR count). The van der Waals surface area contributed by atoms with Crippen LogP contribution in [0.15, 0.2) is 24.3 Å². The van der Waals surface area contributed by atoms with Crippen molar-refractivity contribution in [2.24, 2.45) is 5.73 Å². The summed E-state index contributed by atoms with van der Waals surface area (Å²) in [4.78, 5) is 0. The molecule has 0 amide bonds. The standard InChI is InChI=1S/C11H17NO2/c1-8(12)7-11(13)9-3-5-10(14-2)6-4-9/h3-6,8,11,13H,7,12H2,1-2H3. The molecular formula is C11H17NO2. The Kier molecular flexibility index (Phi) is 3.92. The first-order chi connectivity index (χ1) is 6.63. The summed E-state index contributed by atoms with van der Waals surface area (Å²) in [6, 6.07) is 7.38. The van der Waals surface area contributed by atoms with Gasteiger partial charge in [0, 0.05) is 6.04 Å². The van der Waals surface area contributed by atoms with Crippen LogP contribution in [0.25, 0.3) is 0 Å². The van der Waals surface area contributed by atoms with Crippen LogP contribution in [-0.4, -0.2) is 18.3 Å². The molecule has 0 radical (unpaired) electrons. The third-order valence-corrected chi connectivity index (χ3v) is 2.10. The van der Waals surface area contributed by atoms with Crippen molar-refractivity contribution in [3.8, 4) is 5.75 Å². The Morgan fingerprint density at radius 3 is 2.36 bits per heavy atom. The molecule has 14 heavy (non-hydrogen) atoms. The van der Waals surface area contributed by atoms with Crippen molar-refractivity contribution in [2.45, 2.75) is 25.5 Å². The van der Waals surface area contributed by atoms with E-state index in [4.69, 9.17) is 10.5 Å². The number of methoxy groups -OCH3 is 1. The fourth-order valence-electron chi connectivity index (χ4n) is 1.31. The summed E-state index contributed by atoms with van der Waals surface area (Å²) in [6.07, 6.45) is 0.0905. The van der Waals surface area contributed by atoms with Crippen molar-refractivity contribution >= 4 is 0 Å². The summed E-state index contributed by atoms with van der Waals surface area (Å²) in [6.45, 7) is 1.88. The minimum Gasteiger partial charge on any atom is -0.497 e. The number of benzene rings is 1. The second-order valence-electron chi connectivity index (χ2n) is 3.50. The van der Waals surface area contributed by atoms with Crippen LogP contribution in [0.4, 0.5) is 0 Å². The molecule has 0 aliphatic heterocycles. The Morgan fingerprint density at radius 2 is 1.93 bits per heavy atom. The number of rotatable bonds is 4. The monoisotopic (exact) mass is 195 g/mol. The molecule has 0 bridgehead atoms. The zero-order valence-corrected chi connectivity index (χ0v) is 8.60. The van der Waals surface area contributed by atoms with E-state index < -0.39 is 6.10 Å². The highest BCUT2D eigenvalue weighted by Crippen LogP contribution is 2.20. The fraction of sp³-hybridized carbons (Fsp3) is 0.455. The Labute approximate surface area is 84.5 Å². The Morgan fingerprint density at radius 1 is 1.36 bits per heavy atom. The topological polar surface area (TPSA) is 55.5 Å². The van der Waals surface area contributed by atoms with Crippen LogP contribution >= 0.6 is 0 Å². The first kappa shape index (κ1) is 11.0. The van der Waals surface area contributed by atoms with Crippen LogP contribution < -0.4 is 10.5 Å². The van der Waals surface area contributed by atoms with Crippen LogP contribution in [0.5, 0.6) is 5.75 Å². The van der Waals surface area contributed by atoms with Gasteiger partial charge in [0.25, 0.3) is 0 Å². The predicted octanol–water partition coefficient (Wildman–Crippen LogP) is 1.47. The molecule has 0 saturated heterocycles. The lowest BCUT2D eigenvalue weighted by Crippen LogP contribution is -2.18. The Hall–Kier alpha value is -1.06. The van der Waals surface area contributed by atoms with Crippen molar-refractivity contribution in [3.63, 3.8) is 0 Å². The molecule has 0 aromatic heterocycles. The molecule has 1 aromatic carbocycles. The number of ether oxygens (including phenoxy) is 1. The third kappa shape index (κ3) is 3.01. The van der Waals surface area contributed by atoms with Crippen LogP contribution in [0.3, 0.4) is 0 Å². The molecule has 1 aromatic rings. The van der Waals surface area contributed by atoms with Gasteiger partial charge in [-0.2, -0.15) is 0 Å². The maximum atomic E-state index is 9.73. The van der Waals surface area contributed by atoms with E-state index in [-0.39, 0.29) is 6.04 Å². The first-order valence-corrected chi connectivity index (χ1v) is 4.71. The zero-order chi connectivity index (χ0) is 10.6. The van der Waals surface area contributed by atoms with Crippen molar-refractivity contribution in [2.75, 3.05) is 7.11 Å². The SMILES string of the molecule is COc1ccc(C(O)CC(C)N)cc1. The molecule has 2 unspecified atom stereocenters. The van der Waals surface area contributed by atoms with Crippen LogP contribution in [0.2, 0.25) is 0 Å². The molecule has 0 heterocycles. The molecule has 3 heteroatoms. The molecule has 0 fully saturated rings. The van der Waals surface area contributed by atoms with Gasteiger partial charge in [0.2, 0.25) is 0 Å². The molecule has 0 saturated carbocycles. The van der Waals surface area contributed by atoms with Gasteiger partial charge in [0.05, 0.1) is 13.2 Å². The number of hydrogen-bond acceptors (Lipinski definition) is 3. The highest BCUT2D eigenvalue weighted by molar-refractivity contribution is 5.28. The summed E-state index contributed by atoms with van der Waals surface area (Å²) in [5.74, 6) is 0.793. The normalized spacial score (nSPS) is 14.9. The average molecular weight is 195 g/mol. The molecule has 2 atom stereocenters. The van der Waals surface area contributed by atoms with E-state index in [1.165, 1.54) is 0 Å². The molecule has 3 N–H and O–H groups in total. The summed E-state index contributed by atoms with van der Waals surface area (Å²) < 4.78 is 5.02. The van der Waals surface area contributed by atoms with Crippen LogP contribution in [0, 0.1) is 0 Å². The molecule has 3 nitrogen and oxygen atoms in total. The Balaban J connectivity index is 2.66. The summed E-state index contributed by atoms with van der Waals surface area (Å²) in [7, 11) is 1.62. The lowest BCUT2D eigenvalue weighted by Gasteiger charge is -2.13. The summed E-state index contributed by atoms with van der Waals surface area (Å²) >= 11 is 0. The maximum Gasteiger partial charge on any atom is 0.118 e. The largest absolute Gasteiger partial charge is 0.497 e. The highest BCUT2D eigenvalue weighted by atomic mass is 16.5. The van der Waals surface area contributed by atoms with E-state index in [9.17, 15) is 5.11 Å². The molecular weight excluding hydrogens is 178 g/mol. The smallest absolute Gasteiger partial charge is 0.118 e. The quantitative estimate of drug-likeness (QED) is 0.764. The van der Waals surface area contributed by atoms with Crippen LogP contribution in [0.1, 0.15) is 25.0 Å². The number of hydrogen-bond donors (Lipinski definition) is 2. The fourth-order valence-corrected chi connectivity index (χ4v) is 1.31.